The summed E-state index contributed by atoms with van der Waals surface area (Å²) >= 11 is 0. The van der Waals surface area contributed by atoms with Gasteiger partial charge in [-0.15, -0.1) is 0 Å². The summed E-state index contributed by atoms with van der Waals surface area (Å²) in [6, 6.07) is 18.0. The molecule has 0 heterocycles. The third-order valence-corrected chi connectivity index (χ3v) is 5.78. The number of unbranched alkanes of at least 4 members (excludes halogenated alkanes) is 1. The molecule has 2 rings (SSSR count). The molecule has 1 atom stereocenters. The van der Waals surface area contributed by atoms with Gasteiger partial charge in [-0.3, -0.25) is 20.4 Å². The molecule has 0 unspecified atom stereocenters. The lowest BCUT2D eigenvalue weighted by atomic mass is 10.1. The number of hydrogen-bond donors (Lipinski definition) is 4. The summed E-state index contributed by atoms with van der Waals surface area (Å²) in [6.07, 6.45) is -0.448. The standard InChI is InChI=1S/C32H45N5O8/c1-5-42-27(38)21-33-20-26(35-31(41)45-32(2,3)4)18-12-13-19-34-28(36-29(39)43-22-24-14-8-6-9-15-24)37-30(40)44-23-25-16-10-7-11-17-25/h6-11,14-17,26,33H,5,12-13,18-23H2,1-4H3,(H,35,41)(H2,34,36,37,39,40)/t26-/m0/s1. The lowest BCUT2D eigenvalue weighted by Gasteiger charge is -2.24. The van der Waals surface area contributed by atoms with E-state index < -0.39 is 23.9 Å². The zero-order chi connectivity index (χ0) is 32.9. The van der Waals surface area contributed by atoms with Gasteiger partial charge < -0.3 is 29.6 Å². The SMILES string of the molecule is CCOC(=O)CNC[C@H](CCCCN=C(NC(=O)OCc1ccccc1)NC(=O)OCc1ccccc1)NC(=O)OC(C)(C)C. The molecule has 0 aliphatic heterocycles. The molecule has 0 saturated carbocycles. The Hall–Kier alpha value is -4.65. The highest BCUT2D eigenvalue weighted by Crippen LogP contribution is 2.08. The van der Waals surface area contributed by atoms with E-state index in [2.05, 4.69) is 26.3 Å². The third kappa shape index (κ3) is 17.9. The fraction of sp³-hybridized carbons (Fsp3) is 0.469. The minimum atomic E-state index is -0.796. The number of benzene rings is 2. The van der Waals surface area contributed by atoms with Crippen LogP contribution in [0.4, 0.5) is 14.4 Å². The van der Waals surface area contributed by atoms with Crippen LogP contribution in [0.2, 0.25) is 0 Å². The molecule has 246 valence electrons. The second-order valence-corrected chi connectivity index (χ2v) is 10.9. The number of rotatable bonds is 15. The summed E-state index contributed by atoms with van der Waals surface area (Å²) in [4.78, 5) is 53.3. The van der Waals surface area contributed by atoms with Gasteiger partial charge in [-0.05, 0) is 58.1 Å². The molecular weight excluding hydrogens is 582 g/mol. The van der Waals surface area contributed by atoms with Crippen LogP contribution in [0.15, 0.2) is 65.7 Å². The lowest BCUT2D eigenvalue weighted by molar-refractivity contribution is -0.142. The fourth-order valence-corrected chi connectivity index (χ4v) is 3.78. The first-order valence-electron chi connectivity index (χ1n) is 14.9. The Morgan fingerprint density at radius 3 is 1.84 bits per heavy atom. The van der Waals surface area contributed by atoms with Crippen LogP contribution in [-0.2, 0) is 37.0 Å². The normalized spacial score (nSPS) is 11.4. The predicted octanol–water partition coefficient (Wildman–Crippen LogP) is 4.41. The lowest BCUT2D eigenvalue weighted by Crippen LogP contribution is -2.45. The maximum absolute atomic E-state index is 12.5. The molecular formula is C32H45N5O8. The number of carbonyl (C=O) groups excluding carboxylic acids is 4. The van der Waals surface area contributed by atoms with E-state index in [1.54, 1.807) is 27.7 Å². The zero-order valence-electron chi connectivity index (χ0n) is 26.4. The van der Waals surface area contributed by atoms with Crippen LogP contribution in [0.3, 0.4) is 0 Å². The van der Waals surface area contributed by atoms with Crippen molar-refractivity contribution in [1.82, 2.24) is 21.3 Å². The molecule has 0 aliphatic rings. The van der Waals surface area contributed by atoms with E-state index in [9.17, 15) is 19.2 Å². The Balaban J connectivity index is 1.94. The van der Waals surface area contributed by atoms with Crippen molar-refractivity contribution in [3.8, 4) is 0 Å². The van der Waals surface area contributed by atoms with Gasteiger partial charge in [0.25, 0.3) is 0 Å². The predicted molar refractivity (Wildman–Crippen MR) is 168 cm³/mol. The molecule has 0 aliphatic carbocycles. The van der Waals surface area contributed by atoms with Gasteiger partial charge >= 0.3 is 24.2 Å². The highest BCUT2D eigenvalue weighted by molar-refractivity contribution is 6.01. The van der Waals surface area contributed by atoms with Crippen molar-refractivity contribution < 1.29 is 38.1 Å². The maximum Gasteiger partial charge on any atom is 0.414 e. The van der Waals surface area contributed by atoms with Gasteiger partial charge in [-0.25, -0.2) is 14.4 Å². The van der Waals surface area contributed by atoms with Gasteiger partial charge in [0.2, 0.25) is 5.96 Å². The number of hydrogen-bond acceptors (Lipinski definition) is 10. The molecule has 0 radical (unpaired) electrons. The van der Waals surface area contributed by atoms with E-state index in [4.69, 9.17) is 18.9 Å². The van der Waals surface area contributed by atoms with Crippen molar-refractivity contribution in [2.45, 2.75) is 71.8 Å². The Bertz CT molecular complexity index is 1160. The Morgan fingerprint density at radius 1 is 0.778 bits per heavy atom. The first kappa shape index (κ1) is 36.5. The van der Waals surface area contributed by atoms with Gasteiger partial charge in [0.05, 0.1) is 13.2 Å². The average Bonchev–Trinajstić information content (AvgIpc) is 2.99. The van der Waals surface area contributed by atoms with Gasteiger partial charge in [0.15, 0.2) is 0 Å². The van der Waals surface area contributed by atoms with Gasteiger partial charge in [0, 0.05) is 19.1 Å². The molecule has 0 saturated heterocycles. The van der Waals surface area contributed by atoms with E-state index in [0.29, 0.717) is 25.8 Å². The number of ether oxygens (including phenoxy) is 4. The molecule has 3 amide bonds. The number of alkyl carbamates (subject to hydrolysis) is 3. The third-order valence-electron chi connectivity index (χ3n) is 5.78. The van der Waals surface area contributed by atoms with Crippen LogP contribution in [0.5, 0.6) is 0 Å². The summed E-state index contributed by atoms with van der Waals surface area (Å²) in [5.41, 5.74) is 0.933. The van der Waals surface area contributed by atoms with Crippen LogP contribution < -0.4 is 21.3 Å². The van der Waals surface area contributed by atoms with E-state index in [0.717, 1.165) is 11.1 Å². The topological polar surface area (TPSA) is 166 Å². The smallest absolute Gasteiger partial charge is 0.414 e. The average molecular weight is 628 g/mol. The fourth-order valence-electron chi connectivity index (χ4n) is 3.78. The van der Waals surface area contributed by atoms with Crippen LogP contribution >= 0.6 is 0 Å². The number of amides is 3. The molecule has 0 fully saturated rings. The van der Waals surface area contributed by atoms with E-state index >= 15 is 0 Å². The molecule has 2 aromatic carbocycles. The van der Waals surface area contributed by atoms with Crippen molar-refractivity contribution in [1.29, 1.82) is 0 Å². The summed E-state index contributed by atoms with van der Waals surface area (Å²) in [5, 5.41) is 10.7. The Kier molecular flexibility index (Phi) is 16.5. The summed E-state index contributed by atoms with van der Waals surface area (Å²) in [7, 11) is 0. The monoisotopic (exact) mass is 627 g/mol. The zero-order valence-corrected chi connectivity index (χ0v) is 26.4. The second-order valence-electron chi connectivity index (χ2n) is 10.9. The molecule has 45 heavy (non-hydrogen) atoms. The molecule has 4 N–H and O–H groups in total. The van der Waals surface area contributed by atoms with Crippen molar-refractivity contribution in [2.24, 2.45) is 4.99 Å². The van der Waals surface area contributed by atoms with Crippen LogP contribution in [0, 0.1) is 0 Å². The highest BCUT2D eigenvalue weighted by Gasteiger charge is 2.20. The molecule has 0 aromatic heterocycles. The summed E-state index contributed by atoms with van der Waals surface area (Å²) in [5.74, 6) is -0.509. The van der Waals surface area contributed by atoms with Crippen LogP contribution in [-0.4, -0.2) is 68.1 Å². The number of nitrogens with one attached hydrogen (secondary N) is 4. The van der Waals surface area contributed by atoms with Gasteiger partial charge in [0.1, 0.15) is 18.8 Å². The second kappa shape index (κ2) is 20.3. The van der Waals surface area contributed by atoms with Crippen molar-refractivity contribution in [3.05, 3.63) is 71.8 Å². The maximum atomic E-state index is 12.5. The van der Waals surface area contributed by atoms with Crippen molar-refractivity contribution in [3.63, 3.8) is 0 Å². The quantitative estimate of drug-likeness (QED) is 0.0736. The number of carbonyl (C=O) groups is 4. The van der Waals surface area contributed by atoms with E-state index in [1.807, 2.05) is 60.7 Å². The number of aliphatic imine (C=N–C) groups is 1. The summed E-state index contributed by atoms with van der Waals surface area (Å²) in [6.45, 7) is 7.95. The molecule has 13 nitrogen and oxygen atoms in total. The largest absolute Gasteiger partial charge is 0.465 e. The Morgan fingerprint density at radius 2 is 1.33 bits per heavy atom. The minimum Gasteiger partial charge on any atom is -0.465 e. The molecule has 0 spiro atoms. The molecule has 13 heteroatoms. The first-order valence-corrected chi connectivity index (χ1v) is 14.9. The van der Waals surface area contributed by atoms with E-state index in [-0.39, 0.29) is 50.9 Å². The van der Waals surface area contributed by atoms with Gasteiger partial charge in [-0.2, -0.15) is 0 Å². The molecule has 2 aromatic rings. The van der Waals surface area contributed by atoms with E-state index in [1.165, 1.54) is 0 Å². The van der Waals surface area contributed by atoms with Gasteiger partial charge in [-0.1, -0.05) is 60.7 Å². The molecule has 0 bridgehead atoms. The Labute approximate surface area is 264 Å². The van der Waals surface area contributed by atoms with Crippen molar-refractivity contribution in [2.75, 3.05) is 26.2 Å². The minimum absolute atomic E-state index is 0.00603. The van der Waals surface area contributed by atoms with Crippen LogP contribution in [0.1, 0.15) is 58.1 Å². The number of nitrogens with zero attached hydrogens (tertiary/aromatic N) is 1. The van der Waals surface area contributed by atoms with Crippen LogP contribution in [0.25, 0.3) is 0 Å². The summed E-state index contributed by atoms with van der Waals surface area (Å²) < 4.78 is 20.8. The first-order chi connectivity index (χ1) is 21.5. The van der Waals surface area contributed by atoms with Crippen molar-refractivity contribution >= 4 is 30.2 Å². The number of guanidine groups is 1. The highest BCUT2D eigenvalue weighted by atomic mass is 16.6. The number of esters is 1.